The number of benzene rings is 1. The average Bonchev–Trinajstić information content (AvgIpc) is 2.92. The van der Waals surface area contributed by atoms with Gasteiger partial charge in [-0.1, -0.05) is 12.1 Å². The largest absolute Gasteiger partial charge is 0.331 e. The molecule has 1 N–H and O–H groups in total. The van der Waals surface area contributed by atoms with Crippen LogP contribution in [0.3, 0.4) is 0 Å². The summed E-state index contributed by atoms with van der Waals surface area (Å²) >= 11 is 0. The Morgan fingerprint density at radius 1 is 1.25 bits per heavy atom. The molecule has 3 heteroatoms. The van der Waals surface area contributed by atoms with E-state index in [1.54, 1.807) is 0 Å². The quantitative estimate of drug-likeness (QED) is 0.908. The van der Waals surface area contributed by atoms with Crippen LogP contribution < -0.4 is 5.32 Å². The van der Waals surface area contributed by atoms with E-state index in [4.69, 9.17) is 4.98 Å². The lowest BCUT2D eigenvalue weighted by atomic mass is 9.89. The molecular formula is C17H23N3. The molecule has 2 aromatic rings. The maximum Gasteiger partial charge on any atom is 0.109 e. The molecule has 3 heterocycles. The third-order valence-corrected chi connectivity index (χ3v) is 5.23. The molecule has 2 atom stereocenters. The average molecular weight is 269 g/mol. The third kappa shape index (κ3) is 1.96. The van der Waals surface area contributed by atoms with Gasteiger partial charge in [0.15, 0.2) is 0 Å². The Bertz CT molecular complexity index is 631. The molecule has 0 aliphatic carbocycles. The molecule has 106 valence electrons. The van der Waals surface area contributed by atoms with Gasteiger partial charge in [-0.2, -0.15) is 0 Å². The zero-order chi connectivity index (χ0) is 13.7. The van der Waals surface area contributed by atoms with Crippen molar-refractivity contribution in [2.75, 3.05) is 0 Å². The SMILES string of the molecule is Cc1cccc2nc(CC3CC4CCC(C3)N4)n(C)c12. The molecule has 1 aromatic heterocycles. The van der Waals surface area contributed by atoms with E-state index in [2.05, 4.69) is 42.1 Å². The number of fused-ring (bicyclic) bond motifs is 3. The summed E-state index contributed by atoms with van der Waals surface area (Å²) in [6.07, 6.45) is 6.56. The summed E-state index contributed by atoms with van der Waals surface area (Å²) in [7, 11) is 2.17. The Balaban J connectivity index is 1.63. The van der Waals surface area contributed by atoms with E-state index in [1.807, 2.05) is 0 Å². The van der Waals surface area contributed by atoms with Crippen molar-refractivity contribution in [2.24, 2.45) is 13.0 Å². The van der Waals surface area contributed by atoms with Crippen molar-refractivity contribution < 1.29 is 0 Å². The van der Waals surface area contributed by atoms with Gasteiger partial charge in [0.1, 0.15) is 5.82 Å². The Hall–Kier alpha value is -1.35. The van der Waals surface area contributed by atoms with Gasteiger partial charge in [0.25, 0.3) is 0 Å². The van der Waals surface area contributed by atoms with Crippen molar-refractivity contribution in [2.45, 2.75) is 51.1 Å². The Morgan fingerprint density at radius 3 is 2.70 bits per heavy atom. The second-order valence-electron chi connectivity index (χ2n) is 6.71. The number of hydrogen-bond acceptors (Lipinski definition) is 2. The third-order valence-electron chi connectivity index (χ3n) is 5.23. The Labute approximate surface area is 120 Å². The standard InChI is InChI=1S/C17H23N3/c1-11-4-3-5-15-17(11)20(2)16(19-15)10-12-8-13-6-7-14(9-12)18-13/h3-5,12-14,18H,6-10H2,1-2H3. The van der Waals surface area contributed by atoms with Gasteiger partial charge in [-0.15, -0.1) is 0 Å². The summed E-state index contributed by atoms with van der Waals surface area (Å²) < 4.78 is 2.31. The lowest BCUT2D eigenvalue weighted by Crippen LogP contribution is -2.38. The van der Waals surface area contributed by atoms with Crippen LogP contribution in [0, 0.1) is 12.8 Å². The Morgan fingerprint density at radius 2 is 2.00 bits per heavy atom. The molecule has 0 spiro atoms. The number of piperidine rings is 1. The minimum atomic E-state index is 0.773. The van der Waals surface area contributed by atoms with Crippen LogP contribution in [-0.4, -0.2) is 21.6 Å². The molecule has 3 nitrogen and oxygen atoms in total. The van der Waals surface area contributed by atoms with Gasteiger partial charge in [-0.05, 0) is 50.2 Å². The molecule has 1 aromatic carbocycles. The molecule has 4 rings (SSSR count). The van der Waals surface area contributed by atoms with Gasteiger partial charge in [0, 0.05) is 25.6 Å². The highest BCUT2D eigenvalue weighted by molar-refractivity contribution is 5.79. The van der Waals surface area contributed by atoms with Crippen LogP contribution in [0.1, 0.15) is 37.1 Å². The number of hydrogen-bond donors (Lipinski definition) is 1. The van der Waals surface area contributed by atoms with Crippen molar-refractivity contribution in [3.8, 4) is 0 Å². The van der Waals surface area contributed by atoms with Crippen molar-refractivity contribution in [3.05, 3.63) is 29.6 Å². The summed E-state index contributed by atoms with van der Waals surface area (Å²) in [6.45, 7) is 2.18. The molecule has 2 aliphatic rings. The van der Waals surface area contributed by atoms with Gasteiger partial charge < -0.3 is 9.88 Å². The lowest BCUT2D eigenvalue weighted by molar-refractivity contribution is 0.294. The summed E-state index contributed by atoms with van der Waals surface area (Å²) in [4.78, 5) is 4.88. The van der Waals surface area contributed by atoms with Crippen molar-refractivity contribution in [1.82, 2.24) is 14.9 Å². The summed E-state index contributed by atoms with van der Waals surface area (Å²) in [5.74, 6) is 2.07. The molecular weight excluding hydrogens is 246 g/mol. The maximum absolute atomic E-state index is 4.88. The Kier molecular flexibility index (Phi) is 2.84. The minimum absolute atomic E-state index is 0.773. The van der Waals surface area contributed by atoms with E-state index >= 15 is 0 Å². The van der Waals surface area contributed by atoms with E-state index in [0.717, 1.165) is 29.9 Å². The zero-order valence-corrected chi connectivity index (χ0v) is 12.4. The highest BCUT2D eigenvalue weighted by Gasteiger charge is 2.33. The highest BCUT2D eigenvalue weighted by Crippen LogP contribution is 2.33. The molecule has 2 unspecified atom stereocenters. The predicted molar refractivity (Wildman–Crippen MR) is 81.8 cm³/mol. The van der Waals surface area contributed by atoms with Crippen LogP contribution >= 0.6 is 0 Å². The first kappa shape index (κ1) is 12.4. The number of aryl methyl sites for hydroxylation is 2. The van der Waals surface area contributed by atoms with Crippen molar-refractivity contribution >= 4 is 11.0 Å². The fourth-order valence-electron chi connectivity index (χ4n) is 4.30. The van der Waals surface area contributed by atoms with E-state index in [9.17, 15) is 0 Å². The lowest BCUT2D eigenvalue weighted by Gasteiger charge is -2.28. The fourth-order valence-corrected chi connectivity index (χ4v) is 4.30. The van der Waals surface area contributed by atoms with Crippen LogP contribution in [0.25, 0.3) is 11.0 Å². The molecule has 0 radical (unpaired) electrons. The molecule has 2 bridgehead atoms. The molecule has 2 saturated heterocycles. The molecule has 0 saturated carbocycles. The van der Waals surface area contributed by atoms with Gasteiger partial charge in [0.2, 0.25) is 0 Å². The number of nitrogens with one attached hydrogen (secondary N) is 1. The molecule has 2 aliphatic heterocycles. The highest BCUT2D eigenvalue weighted by atomic mass is 15.1. The maximum atomic E-state index is 4.88. The zero-order valence-electron chi connectivity index (χ0n) is 12.4. The first-order chi connectivity index (χ1) is 9.70. The van der Waals surface area contributed by atoms with Gasteiger partial charge in [-0.3, -0.25) is 0 Å². The van der Waals surface area contributed by atoms with Crippen LogP contribution in [0.15, 0.2) is 18.2 Å². The van der Waals surface area contributed by atoms with E-state index < -0.39 is 0 Å². The minimum Gasteiger partial charge on any atom is -0.331 e. The fraction of sp³-hybridized carbons (Fsp3) is 0.588. The molecule has 20 heavy (non-hydrogen) atoms. The van der Waals surface area contributed by atoms with E-state index in [-0.39, 0.29) is 0 Å². The second-order valence-corrected chi connectivity index (χ2v) is 6.71. The van der Waals surface area contributed by atoms with Gasteiger partial charge in [0.05, 0.1) is 11.0 Å². The topological polar surface area (TPSA) is 29.9 Å². The summed E-state index contributed by atoms with van der Waals surface area (Å²) in [5, 5.41) is 3.73. The second kappa shape index (κ2) is 4.59. The summed E-state index contributed by atoms with van der Waals surface area (Å²) in [5.41, 5.74) is 3.79. The first-order valence-electron chi connectivity index (χ1n) is 7.87. The summed E-state index contributed by atoms with van der Waals surface area (Å²) in [6, 6.07) is 7.97. The van der Waals surface area contributed by atoms with Crippen LogP contribution in [0.5, 0.6) is 0 Å². The smallest absolute Gasteiger partial charge is 0.109 e. The van der Waals surface area contributed by atoms with E-state index in [0.29, 0.717) is 0 Å². The number of imidazole rings is 1. The van der Waals surface area contributed by atoms with Gasteiger partial charge >= 0.3 is 0 Å². The molecule has 0 amide bonds. The monoisotopic (exact) mass is 269 g/mol. The van der Waals surface area contributed by atoms with Crippen molar-refractivity contribution in [1.29, 1.82) is 0 Å². The number of aromatic nitrogens is 2. The first-order valence-corrected chi connectivity index (χ1v) is 7.87. The molecule has 2 fully saturated rings. The van der Waals surface area contributed by atoms with Crippen LogP contribution in [0.2, 0.25) is 0 Å². The number of rotatable bonds is 2. The van der Waals surface area contributed by atoms with Crippen molar-refractivity contribution in [3.63, 3.8) is 0 Å². The number of nitrogens with zero attached hydrogens (tertiary/aromatic N) is 2. The predicted octanol–water partition coefficient (Wildman–Crippen LogP) is 2.95. The van der Waals surface area contributed by atoms with E-state index in [1.165, 1.54) is 42.6 Å². The van der Waals surface area contributed by atoms with Gasteiger partial charge in [-0.25, -0.2) is 4.98 Å². The normalized spacial score (nSPS) is 29.2. The van der Waals surface area contributed by atoms with Crippen LogP contribution in [-0.2, 0) is 13.5 Å². The van der Waals surface area contributed by atoms with Crippen LogP contribution in [0.4, 0.5) is 0 Å². The number of para-hydroxylation sites is 1.